The molecule has 0 spiro atoms. The molecule has 5 heteroatoms. The Morgan fingerprint density at radius 1 is 1.31 bits per heavy atom. The van der Waals surface area contributed by atoms with Crippen LogP contribution in [0.1, 0.15) is 5.82 Å². The number of anilines is 1. The molecule has 0 unspecified atom stereocenters. The van der Waals surface area contributed by atoms with E-state index in [1.54, 1.807) is 6.33 Å². The van der Waals surface area contributed by atoms with Gasteiger partial charge in [-0.25, -0.2) is 9.97 Å². The highest BCUT2D eigenvalue weighted by Crippen LogP contribution is 2.07. The van der Waals surface area contributed by atoms with Crippen LogP contribution in [0.4, 0.5) is 5.95 Å². The molecule has 0 radical (unpaired) electrons. The number of aromatic nitrogens is 3. The van der Waals surface area contributed by atoms with Gasteiger partial charge in [-0.1, -0.05) is 0 Å². The second kappa shape index (κ2) is 3.66. The molecule has 5 nitrogen and oxygen atoms in total. The third-order valence-corrected chi connectivity index (χ3v) is 1.97. The molecule has 1 fully saturated rings. The summed E-state index contributed by atoms with van der Waals surface area (Å²) in [7, 11) is 0. The predicted molar refractivity (Wildman–Crippen MR) is 47.6 cm³/mol. The van der Waals surface area contributed by atoms with Crippen molar-refractivity contribution in [2.75, 3.05) is 31.2 Å². The number of hydrogen-bond donors (Lipinski definition) is 0. The first-order valence-electron chi connectivity index (χ1n) is 4.34. The van der Waals surface area contributed by atoms with Crippen molar-refractivity contribution in [3.05, 3.63) is 12.2 Å². The van der Waals surface area contributed by atoms with Crippen LogP contribution in [-0.2, 0) is 4.74 Å². The Morgan fingerprint density at radius 2 is 2.08 bits per heavy atom. The van der Waals surface area contributed by atoms with Gasteiger partial charge in [-0.05, 0) is 6.92 Å². The summed E-state index contributed by atoms with van der Waals surface area (Å²) in [4.78, 5) is 14.4. The Kier molecular flexibility index (Phi) is 2.35. The van der Waals surface area contributed by atoms with Crippen molar-refractivity contribution >= 4 is 5.95 Å². The lowest BCUT2D eigenvalue weighted by molar-refractivity contribution is 0.122. The van der Waals surface area contributed by atoms with Crippen LogP contribution < -0.4 is 4.90 Å². The van der Waals surface area contributed by atoms with E-state index in [9.17, 15) is 0 Å². The second-order valence-corrected chi connectivity index (χ2v) is 2.93. The molecule has 2 heterocycles. The highest BCUT2D eigenvalue weighted by molar-refractivity contribution is 5.28. The zero-order valence-electron chi connectivity index (χ0n) is 7.60. The van der Waals surface area contributed by atoms with Crippen LogP contribution in [0.15, 0.2) is 6.33 Å². The van der Waals surface area contributed by atoms with Crippen molar-refractivity contribution in [2.24, 2.45) is 0 Å². The molecule has 0 bridgehead atoms. The van der Waals surface area contributed by atoms with Crippen LogP contribution in [0.3, 0.4) is 0 Å². The molecule has 0 aliphatic carbocycles. The van der Waals surface area contributed by atoms with E-state index >= 15 is 0 Å². The van der Waals surface area contributed by atoms with Crippen LogP contribution in [0.5, 0.6) is 0 Å². The van der Waals surface area contributed by atoms with Gasteiger partial charge in [0, 0.05) is 13.1 Å². The molecule has 13 heavy (non-hydrogen) atoms. The van der Waals surface area contributed by atoms with E-state index in [1.807, 2.05) is 6.92 Å². The summed E-state index contributed by atoms with van der Waals surface area (Å²) >= 11 is 0. The van der Waals surface area contributed by atoms with Gasteiger partial charge in [0.1, 0.15) is 12.2 Å². The van der Waals surface area contributed by atoms with E-state index in [0.29, 0.717) is 0 Å². The fourth-order valence-corrected chi connectivity index (χ4v) is 1.28. The monoisotopic (exact) mass is 180 g/mol. The number of morpholine rings is 1. The summed E-state index contributed by atoms with van der Waals surface area (Å²) in [5.74, 6) is 1.52. The molecule has 70 valence electrons. The molecule has 2 rings (SSSR count). The first kappa shape index (κ1) is 8.37. The van der Waals surface area contributed by atoms with Crippen LogP contribution in [0.2, 0.25) is 0 Å². The fraction of sp³-hybridized carbons (Fsp3) is 0.625. The Labute approximate surface area is 76.8 Å². The Balaban J connectivity index is 2.14. The molecule has 0 saturated carbocycles. The maximum Gasteiger partial charge on any atom is 0.228 e. The zero-order valence-corrected chi connectivity index (χ0v) is 7.60. The van der Waals surface area contributed by atoms with Crippen molar-refractivity contribution < 1.29 is 4.74 Å². The molecule has 1 aliphatic rings. The molecule has 0 N–H and O–H groups in total. The fourth-order valence-electron chi connectivity index (χ4n) is 1.28. The van der Waals surface area contributed by atoms with Crippen LogP contribution >= 0.6 is 0 Å². The van der Waals surface area contributed by atoms with E-state index in [-0.39, 0.29) is 0 Å². The van der Waals surface area contributed by atoms with Gasteiger partial charge in [-0.15, -0.1) is 0 Å². The zero-order chi connectivity index (χ0) is 9.10. The lowest BCUT2D eigenvalue weighted by atomic mass is 10.4. The number of aryl methyl sites for hydroxylation is 1. The maximum atomic E-state index is 5.24. The molecule has 1 aromatic rings. The van der Waals surface area contributed by atoms with Crippen molar-refractivity contribution in [3.8, 4) is 0 Å². The summed E-state index contributed by atoms with van der Waals surface area (Å²) in [6.45, 7) is 5.11. The van der Waals surface area contributed by atoms with E-state index < -0.39 is 0 Å². The number of nitrogens with zero attached hydrogens (tertiary/aromatic N) is 4. The second-order valence-electron chi connectivity index (χ2n) is 2.93. The van der Waals surface area contributed by atoms with E-state index in [1.165, 1.54) is 0 Å². The highest BCUT2D eigenvalue weighted by Gasteiger charge is 2.13. The van der Waals surface area contributed by atoms with Gasteiger partial charge < -0.3 is 9.64 Å². The molecule has 0 atom stereocenters. The van der Waals surface area contributed by atoms with Crippen molar-refractivity contribution in [1.29, 1.82) is 0 Å². The molecule has 1 saturated heterocycles. The van der Waals surface area contributed by atoms with Gasteiger partial charge in [0.05, 0.1) is 13.2 Å². The van der Waals surface area contributed by atoms with Gasteiger partial charge in [0.15, 0.2) is 0 Å². The number of ether oxygens (including phenoxy) is 1. The Bertz CT molecular complexity index is 285. The summed E-state index contributed by atoms with van der Waals surface area (Å²) in [5.41, 5.74) is 0. The minimum atomic E-state index is 0.755. The average molecular weight is 180 g/mol. The van der Waals surface area contributed by atoms with Gasteiger partial charge >= 0.3 is 0 Å². The lowest BCUT2D eigenvalue weighted by Crippen LogP contribution is -2.37. The minimum Gasteiger partial charge on any atom is -0.378 e. The Hall–Kier alpha value is -1.23. The normalized spacial score (nSPS) is 17.5. The molecule has 0 amide bonds. The SMILES string of the molecule is Cc1ncnc(N2CCOCC2)n1. The van der Waals surface area contributed by atoms with E-state index in [0.717, 1.165) is 38.1 Å². The summed E-state index contributed by atoms with van der Waals surface area (Å²) in [5, 5.41) is 0. The summed E-state index contributed by atoms with van der Waals surface area (Å²) in [6.07, 6.45) is 1.55. The van der Waals surface area contributed by atoms with Crippen molar-refractivity contribution in [2.45, 2.75) is 6.92 Å². The lowest BCUT2D eigenvalue weighted by Gasteiger charge is -2.26. The van der Waals surface area contributed by atoms with Gasteiger partial charge in [-0.2, -0.15) is 4.98 Å². The van der Waals surface area contributed by atoms with Gasteiger partial charge in [-0.3, -0.25) is 0 Å². The smallest absolute Gasteiger partial charge is 0.228 e. The van der Waals surface area contributed by atoms with Crippen molar-refractivity contribution in [1.82, 2.24) is 15.0 Å². The molecule has 1 aliphatic heterocycles. The van der Waals surface area contributed by atoms with Crippen molar-refractivity contribution in [3.63, 3.8) is 0 Å². The number of rotatable bonds is 1. The maximum absolute atomic E-state index is 5.24. The largest absolute Gasteiger partial charge is 0.378 e. The predicted octanol–water partition coefficient (Wildman–Crippen LogP) is 0.0166. The highest BCUT2D eigenvalue weighted by atomic mass is 16.5. The average Bonchev–Trinajstić information content (AvgIpc) is 2.19. The van der Waals surface area contributed by atoms with Gasteiger partial charge in [0.2, 0.25) is 5.95 Å². The van der Waals surface area contributed by atoms with E-state index in [4.69, 9.17) is 4.74 Å². The first-order valence-corrected chi connectivity index (χ1v) is 4.34. The molecule has 0 aromatic carbocycles. The minimum absolute atomic E-state index is 0.755. The third kappa shape index (κ3) is 1.92. The van der Waals surface area contributed by atoms with Crippen LogP contribution in [-0.4, -0.2) is 41.3 Å². The standard InChI is InChI=1S/C8H12N4O/c1-7-9-6-10-8(11-7)12-2-4-13-5-3-12/h6H,2-5H2,1H3. The van der Waals surface area contributed by atoms with E-state index in [2.05, 4.69) is 19.9 Å². The van der Waals surface area contributed by atoms with Crippen LogP contribution in [0, 0.1) is 6.92 Å². The number of hydrogen-bond acceptors (Lipinski definition) is 5. The quantitative estimate of drug-likeness (QED) is 0.609. The molecular formula is C8H12N4O. The topological polar surface area (TPSA) is 51.1 Å². The summed E-state index contributed by atoms with van der Waals surface area (Å²) < 4.78 is 5.24. The first-order chi connectivity index (χ1) is 6.36. The van der Waals surface area contributed by atoms with Gasteiger partial charge in [0.25, 0.3) is 0 Å². The molecule has 1 aromatic heterocycles. The Morgan fingerprint density at radius 3 is 2.77 bits per heavy atom. The summed E-state index contributed by atoms with van der Waals surface area (Å²) in [6, 6.07) is 0. The van der Waals surface area contributed by atoms with Crippen LogP contribution in [0.25, 0.3) is 0 Å². The third-order valence-electron chi connectivity index (χ3n) is 1.97. The molecular weight excluding hydrogens is 168 g/mol.